The summed E-state index contributed by atoms with van der Waals surface area (Å²) in [4.78, 5) is 13.1. The molecule has 0 heterocycles. The van der Waals surface area contributed by atoms with E-state index in [1.807, 2.05) is 6.07 Å². The summed E-state index contributed by atoms with van der Waals surface area (Å²) >= 11 is 0. The van der Waals surface area contributed by atoms with E-state index in [4.69, 9.17) is 10.00 Å². The largest absolute Gasteiger partial charge is 0.385 e. The van der Waals surface area contributed by atoms with E-state index in [2.05, 4.69) is 0 Å². The smallest absolute Gasteiger partial charge is 0.223 e. The van der Waals surface area contributed by atoms with Crippen LogP contribution in [0.3, 0.4) is 0 Å². The Labute approximate surface area is 105 Å². The summed E-state index contributed by atoms with van der Waals surface area (Å²) in [7, 11) is 2.31. The maximum absolute atomic E-state index is 11.5. The highest BCUT2D eigenvalue weighted by Gasteiger charge is 2.10. The molecular weight excluding hydrogens is 240 g/mol. The third kappa shape index (κ3) is 8.83. The molecule has 0 aromatic heterocycles. The molecule has 0 aromatic carbocycles. The van der Waals surface area contributed by atoms with Crippen LogP contribution in [0.5, 0.6) is 0 Å². The normalized spacial score (nSPS) is 11.8. The predicted octanol–water partition coefficient (Wildman–Crippen LogP) is 0.534. The minimum absolute atomic E-state index is 0.0552. The number of nitrogens with zero attached hydrogens (tertiary/aromatic N) is 2. The Kier molecular flexibility index (Phi) is 9.68. The van der Waals surface area contributed by atoms with Crippen molar-refractivity contribution < 1.29 is 13.7 Å². The summed E-state index contributed by atoms with van der Waals surface area (Å²) in [6.45, 7) is 1.04. The molecule has 1 atom stereocenters. The van der Waals surface area contributed by atoms with Gasteiger partial charge in [0.1, 0.15) is 0 Å². The van der Waals surface area contributed by atoms with Crippen molar-refractivity contribution in [1.82, 2.24) is 4.90 Å². The summed E-state index contributed by atoms with van der Waals surface area (Å²) in [5.41, 5.74) is 0. The fraction of sp³-hybridized carbons (Fsp3) is 0.818. The third-order valence-corrected chi connectivity index (χ3v) is 3.65. The number of ether oxygens (including phenoxy) is 1. The first-order valence-electron chi connectivity index (χ1n) is 5.56. The Morgan fingerprint density at radius 1 is 1.47 bits per heavy atom. The molecule has 0 rings (SSSR count). The van der Waals surface area contributed by atoms with Gasteiger partial charge < -0.3 is 9.64 Å². The summed E-state index contributed by atoms with van der Waals surface area (Å²) in [5, 5.41) is 8.39. The lowest BCUT2D eigenvalue weighted by molar-refractivity contribution is -0.129. The van der Waals surface area contributed by atoms with Gasteiger partial charge in [-0.05, 0) is 6.42 Å². The first kappa shape index (κ1) is 16.1. The minimum atomic E-state index is -0.957. The van der Waals surface area contributed by atoms with Gasteiger partial charge in [0.15, 0.2) is 0 Å². The highest BCUT2D eigenvalue weighted by molar-refractivity contribution is 7.84. The van der Waals surface area contributed by atoms with Gasteiger partial charge in [-0.15, -0.1) is 0 Å². The number of hydrogen-bond donors (Lipinski definition) is 0. The lowest BCUT2D eigenvalue weighted by Gasteiger charge is -2.14. The van der Waals surface area contributed by atoms with Gasteiger partial charge in [-0.25, -0.2) is 0 Å². The molecule has 0 saturated carbocycles. The highest BCUT2D eigenvalue weighted by atomic mass is 32.2. The molecular formula is C11H20N2O3S. The number of methoxy groups -OCH3 is 1. The molecule has 0 fully saturated rings. The highest BCUT2D eigenvalue weighted by Crippen LogP contribution is 1.97. The van der Waals surface area contributed by atoms with E-state index in [0.29, 0.717) is 31.1 Å². The standard InChI is InChI=1S/C11H20N2O3S/c1-13(7-3-6-12)11(14)5-10-17(15)9-4-8-16-2/h3-5,7-10H2,1-2H3. The second-order valence-electron chi connectivity index (χ2n) is 3.67. The SMILES string of the molecule is COCCCS(=O)CCC(=O)N(C)CCC#N. The van der Waals surface area contributed by atoms with Crippen LogP contribution in [0.15, 0.2) is 0 Å². The van der Waals surface area contributed by atoms with Gasteiger partial charge in [0, 0.05) is 56.0 Å². The minimum Gasteiger partial charge on any atom is -0.385 e. The molecule has 0 aliphatic rings. The fourth-order valence-electron chi connectivity index (χ4n) is 1.20. The van der Waals surface area contributed by atoms with Crippen LogP contribution in [0.25, 0.3) is 0 Å². The number of rotatable bonds is 9. The van der Waals surface area contributed by atoms with E-state index in [1.165, 1.54) is 4.90 Å². The fourth-order valence-corrected chi connectivity index (χ4v) is 2.25. The lowest BCUT2D eigenvalue weighted by atomic mass is 10.3. The first-order valence-corrected chi connectivity index (χ1v) is 7.05. The molecule has 0 aromatic rings. The summed E-state index contributed by atoms with van der Waals surface area (Å²) in [5.74, 6) is 0.906. The van der Waals surface area contributed by atoms with E-state index in [1.54, 1.807) is 14.2 Å². The Bertz CT molecular complexity index is 289. The summed E-state index contributed by atoms with van der Waals surface area (Å²) < 4.78 is 16.4. The maximum Gasteiger partial charge on any atom is 0.223 e. The predicted molar refractivity (Wildman–Crippen MR) is 66.9 cm³/mol. The quantitative estimate of drug-likeness (QED) is 0.567. The molecule has 0 saturated heterocycles. The number of carbonyl (C=O) groups is 1. The van der Waals surface area contributed by atoms with Crippen LogP contribution in [0.4, 0.5) is 0 Å². The van der Waals surface area contributed by atoms with Gasteiger partial charge in [0.05, 0.1) is 12.5 Å². The van der Waals surface area contributed by atoms with Crippen molar-refractivity contribution in [2.75, 3.05) is 38.8 Å². The van der Waals surface area contributed by atoms with Gasteiger partial charge >= 0.3 is 0 Å². The monoisotopic (exact) mass is 260 g/mol. The van der Waals surface area contributed by atoms with E-state index >= 15 is 0 Å². The second kappa shape index (κ2) is 10.2. The first-order chi connectivity index (χ1) is 8.11. The Balaban J connectivity index is 3.68. The molecule has 0 radical (unpaired) electrons. The molecule has 0 spiro atoms. The molecule has 98 valence electrons. The van der Waals surface area contributed by atoms with Crippen LogP contribution in [-0.2, 0) is 20.3 Å². The van der Waals surface area contributed by atoms with Gasteiger partial charge in [-0.3, -0.25) is 9.00 Å². The second-order valence-corrected chi connectivity index (χ2v) is 5.36. The molecule has 1 amide bonds. The topological polar surface area (TPSA) is 70.4 Å². The van der Waals surface area contributed by atoms with E-state index in [0.717, 1.165) is 6.42 Å². The van der Waals surface area contributed by atoms with Gasteiger partial charge in [0.2, 0.25) is 5.91 Å². The molecule has 0 N–H and O–H groups in total. The lowest BCUT2D eigenvalue weighted by Crippen LogP contribution is -2.28. The zero-order valence-corrected chi connectivity index (χ0v) is 11.3. The van der Waals surface area contributed by atoms with Crippen molar-refractivity contribution in [2.24, 2.45) is 0 Å². The van der Waals surface area contributed by atoms with Crippen LogP contribution in [0, 0.1) is 11.3 Å². The van der Waals surface area contributed by atoms with Crippen LogP contribution >= 0.6 is 0 Å². The van der Waals surface area contributed by atoms with Crippen molar-refractivity contribution in [2.45, 2.75) is 19.3 Å². The Morgan fingerprint density at radius 3 is 2.76 bits per heavy atom. The number of amides is 1. The Morgan fingerprint density at radius 2 is 2.18 bits per heavy atom. The number of nitriles is 1. The average molecular weight is 260 g/mol. The van der Waals surface area contributed by atoms with Crippen molar-refractivity contribution in [3.63, 3.8) is 0 Å². The molecule has 0 bridgehead atoms. The van der Waals surface area contributed by atoms with Crippen molar-refractivity contribution in [3.05, 3.63) is 0 Å². The average Bonchev–Trinajstić information content (AvgIpc) is 2.33. The van der Waals surface area contributed by atoms with E-state index < -0.39 is 10.8 Å². The Hall–Kier alpha value is -0.930. The van der Waals surface area contributed by atoms with Crippen LogP contribution in [0.1, 0.15) is 19.3 Å². The summed E-state index contributed by atoms with van der Waals surface area (Å²) in [6.07, 6.45) is 1.36. The molecule has 0 aliphatic carbocycles. The van der Waals surface area contributed by atoms with Gasteiger partial charge in [-0.2, -0.15) is 5.26 Å². The van der Waals surface area contributed by atoms with E-state index in [9.17, 15) is 9.00 Å². The van der Waals surface area contributed by atoms with Crippen molar-refractivity contribution in [3.8, 4) is 6.07 Å². The molecule has 5 nitrogen and oxygen atoms in total. The maximum atomic E-state index is 11.5. The third-order valence-electron chi connectivity index (χ3n) is 2.25. The van der Waals surface area contributed by atoms with Crippen LogP contribution in [0.2, 0.25) is 0 Å². The van der Waals surface area contributed by atoms with Crippen LogP contribution < -0.4 is 0 Å². The zero-order valence-electron chi connectivity index (χ0n) is 10.5. The van der Waals surface area contributed by atoms with Crippen LogP contribution in [-0.4, -0.2) is 53.8 Å². The molecule has 17 heavy (non-hydrogen) atoms. The van der Waals surface area contributed by atoms with Gasteiger partial charge in [0.25, 0.3) is 0 Å². The zero-order chi connectivity index (χ0) is 13.1. The molecule has 0 aliphatic heterocycles. The molecule has 1 unspecified atom stereocenters. The van der Waals surface area contributed by atoms with E-state index in [-0.39, 0.29) is 12.3 Å². The molecule has 6 heteroatoms. The number of carbonyl (C=O) groups excluding carboxylic acids is 1. The van der Waals surface area contributed by atoms with Crippen molar-refractivity contribution in [1.29, 1.82) is 5.26 Å². The van der Waals surface area contributed by atoms with Crippen molar-refractivity contribution >= 4 is 16.7 Å². The summed E-state index contributed by atoms with van der Waals surface area (Å²) in [6, 6.07) is 1.98. The van der Waals surface area contributed by atoms with Gasteiger partial charge in [-0.1, -0.05) is 0 Å². The number of hydrogen-bond acceptors (Lipinski definition) is 4.